The zero-order chi connectivity index (χ0) is 12.2. The number of hydrogen-bond donors (Lipinski definition) is 2. The molecule has 0 amide bonds. The Balaban J connectivity index is 2.28. The van der Waals surface area contributed by atoms with E-state index < -0.39 is 10.0 Å². The van der Waals surface area contributed by atoms with Crippen molar-refractivity contribution in [3.8, 4) is 0 Å². The summed E-state index contributed by atoms with van der Waals surface area (Å²) < 4.78 is 27.4. The van der Waals surface area contributed by atoms with Crippen molar-refractivity contribution >= 4 is 26.0 Å². The van der Waals surface area contributed by atoms with Gasteiger partial charge in [0.2, 0.25) is 10.0 Å². The van der Waals surface area contributed by atoms with E-state index in [1.54, 1.807) is 0 Å². The first-order valence-corrected chi connectivity index (χ1v) is 7.38. The average molecular weight is 311 g/mol. The van der Waals surface area contributed by atoms with Gasteiger partial charge in [0.1, 0.15) is 5.76 Å². The van der Waals surface area contributed by atoms with E-state index in [1.807, 2.05) is 19.1 Å². The standard InChI is InChI=1S/C9H15BrN2O3S/c1-7(8-3-4-9(10)15-8)12-5-2-6-16(11,13)14/h3-4,7,12H,2,5-6H2,1H3,(H2,11,13,14). The minimum absolute atomic E-state index is 0.00539. The van der Waals surface area contributed by atoms with E-state index in [-0.39, 0.29) is 11.8 Å². The van der Waals surface area contributed by atoms with Crippen molar-refractivity contribution in [1.29, 1.82) is 0 Å². The third-order valence-electron chi connectivity index (χ3n) is 2.08. The lowest BCUT2D eigenvalue weighted by Gasteiger charge is -2.10. The molecule has 16 heavy (non-hydrogen) atoms. The second-order valence-corrected chi connectivity index (χ2v) is 6.05. The zero-order valence-corrected chi connectivity index (χ0v) is 11.3. The summed E-state index contributed by atoms with van der Waals surface area (Å²) in [5.41, 5.74) is 0. The van der Waals surface area contributed by atoms with Gasteiger partial charge in [-0.15, -0.1) is 0 Å². The molecule has 7 heteroatoms. The molecule has 1 aromatic heterocycles. The molecule has 0 aliphatic carbocycles. The lowest BCUT2D eigenvalue weighted by atomic mass is 10.2. The number of rotatable bonds is 6. The summed E-state index contributed by atoms with van der Waals surface area (Å²) >= 11 is 3.22. The highest BCUT2D eigenvalue weighted by molar-refractivity contribution is 9.10. The minimum Gasteiger partial charge on any atom is -0.453 e. The molecule has 0 saturated heterocycles. The van der Waals surface area contributed by atoms with E-state index in [9.17, 15) is 8.42 Å². The van der Waals surface area contributed by atoms with Crippen molar-refractivity contribution < 1.29 is 12.8 Å². The fraction of sp³-hybridized carbons (Fsp3) is 0.556. The van der Waals surface area contributed by atoms with Crippen LogP contribution >= 0.6 is 15.9 Å². The van der Waals surface area contributed by atoms with Crippen LogP contribution in [0.3, 0.4) is 0 Å². The molecule has 0 fully saturated rings. The van der Waals surface area contributed by atoms with Crippen LogP contribution in [0.25, 0.3) is 0 Å². The third-order valence-corrected chi connectivity index (χ3v) is 3.36. The van der Waals surface area contributed by atoms with Gasteiger partial charge in [0.25, 0.3) is 0 Å². The summed E-state index contributed by atoms with van der Waals surface area (Å²) in [7, 11) is -3.35. The van der Waals surface area contributed by atoms with Crippen molar-refractivity contribution in [2.45, 2.75) is 19.4 Å². The molecule has 92 valence electrons. The fourth-order valence-electron chi connectivity index (χ4n) is 1.25. The van der Waals surface area contributed by atoms with Crippen LogP contribution in [0.1, 0.15) is 25.1 Å². The number of furan rings is 1. The minimum atomic E-state index is -3.35. The second-order valence-electron chi connectivity index (χ2n) is 3.54. The molecule has 1 heterocycles. The van der Waals surface area contributed by atoms with Crippen molar-refractivity contribution in [3.05, 3.63) is 22.6 Å². The van der Waals surface area contributed by atoms with E-state index in [0.717, 1.165) is 5.76 Å². The Morgan fingerprint density at radius 3 is 2.75 bits per heavy atom. The van der Waals surface area contributed by atoms with Crippen molar-refractivity contribution in [2.24, 2.45) is 5.14 Å². The van der Waals surface area contributed by atoms with Gasteiger partial charge < -0.3 is 9.73 Å². The van der Waals surface area contributed by atoms with Crippen molar-refractivity contribution in [1.82, 2.24) is 5.32 Å². The van der Waals surface area contributed by atoms with Gasteiger partial charge in [0, 0.05) is 0 Å². The SMILES string of the molecule is CC(NCCCS(N)(=O)=O)c1ccc(Br)o1. The maximum Gasteiger partial charge on any atom is 0.209 e. The van der Waals surface area contributed by atoms with Crippen molar-refractivity contribution in [3.63, 3.8) is 0 Å². The third kappa shape index (κ3) is 5.11. The summed E-state index contributed by atoms with van der Waals surface area (Å²) in [5.74, 6) is 0.802. The Hall–Kier alpha value is -0.370. The van der Waals surface area contributed by atoms with Crippen molar-refractivity contribution in [2.75, 3.05) is 12.3 Å². The lowest BCUT2D eigenvalue weighted by molar-refractivity contribution is 0.419. The van der Waals surface area contributed by atoms with E-state index in [2.05, 4.69) is 21.2 Å². The highest BCUT2D eigenvalue weighted by Gasteiger charge is 2.09. The summed E-state index contributed by atoms with van der Waals surface area (Å²) in [4.78, 5) is 0. The van der Waals surface area contributed by atoms with Crippen LogP contribution in [-0.4, -0.2) is 20.7 Å². The van der Waals surface area contributed by atoms with Crippen LogP contribution in [0, 0.1) is 0 Å². The van der Waals surface area contributed by atoms with Crippen LogP contribution in [0.2, 0.25) is 0 Å². The summed E-state index contributed by atoms with van der Waals surface area (Å²) in [6, 6.07) is 3.73. The summed E-state index contributed by atoms with van der Waals surface area (Å²) in [5, 5.41) is 8.04. The predicted octanol–water partition coefficient (Wildman–Crippen LogP) is 1.37. The van der Waals surface area contributed by atoms with Gasteiger partial charge in [-0.05, 0) is 48.0 Å². The maximum absolute atomic E-state index is 10.7. The van der Waals surface area contributed by atoms with Gasteiger partial charge in [-0.1, -0.05) is 0 Å². The molecule has 1 rings (SSSR count). The number of nitrogens with one attached hydrogen (secondary N) is 1. The molecule has 0 spiro atoms. The Morgan fingerprint density at radius 1 is 1.56 bits per heavy atom. The Labute approximate surface area is 104 Å². The molecule has 5 nitrogen and oxygen atoms in total. The number of nitrogens with two attached hydrogens (primary N) is 1. The first kappa shape index (κ1) is 13.7. The monoisotopic (exact) mass is 310 g/mol. The largest absolute Gasteiger partial charge is 0.453 e. The molecule has 0 saturated carbocycles. The Bertz CT molecular complexity index is 430. The van der Waals surface area contributed by atoms with Crippen LogP contribution in [-0.2, 0) is 10.0 Å². The van der Waals surface area contributed by atoms with Gasteiger partial charge in [-0.2, -0.15) is 0 Å². The van der Waals surface area contributed by atoms with E-state index in [4.69, 9.17) is 9.56 Å². The van der Waals surface area contributed by atoms with Gasteiger partial charge in [-0.25, -0.2) is 13.6 Å². The smallest absolute Gasteiger partial charge is 0.209 e. The summed E-state index contributed by atoms with van der Waals surface area (Å²) in [6.45, 7) is 2.53. The Morgan fingerprint density at radius 2 is 2.25 bits per heavy atom. The predicted molar refractivity (Wildman–Crippen MR) is 65.4 cm³/mol. The molecule has 0 bridgehead atoms. The molecule has 0 aliphatic rings. The van der Waals surface area contributed by atoms with Gasteiger partial charge in [-0.3, -0.25) is 0 Å². The molecular weight excluding hydrogens is 296 g/mol. The number of halogens is 1. The van der Waals surface area contributed by atoms with Crippen LogP contribution in [0.4, 0.5) is 0 Å². The van der Waals surface area contributed by atoms with Crippen LogP contribution in [0.15, 0.2) is 21.2 Å². The van der Waals surface area contributed by atoms with Gasteiger partial charge in [0.05, 0.1) is 11.8 Å². The average Bonchev–Trinajstić information content (AvgIpc) is 2.57. The highest BCUT2D eigenvalue weighted by atomic mass is 79.9. The number of sulfonamides is 1. The molecular formula is C9H15BrN2O3S. The molecule has 1 aromatic rings. The normalized spacial score (nSPS) is 13.9. The van der Waals surface area contributed by atoms with Crippen LogP contribution in [0.5, 0.6) is 0 Å². The zero-order valence-electron chi connectivity index (χ0n) is 8.94. The summed E-state index contributed by atoms with van der Waals surface area (Å²) in [6.07, 6.45) is 0.491. The molecule has 1 unspecified atom stereocenters. The highest BCUT2D eigenvalue weighted by Crippen LogP contribution is 2.19. The van der Waals surface area contributed by atoms with Crippen LogP contribution < -0.4 is 10.5 Å². The quantitative estimate of drug-likeness (QED) is 0.777. The first-order chi connectivity index (χ1) is 7.38. The topological polar surface area (TPSA) is 85.3 Å². The van der Waals surface area contributed by atoms with E-state index >= 15 is 0 Å². The maximum atomic E-state index is 10.7. The molecule has 0 aliphatic heterocycles. The molecule has 3 N–H and O–H groups in total. The Kier molecular flexibility index (Phi) is 4.97. The fourth-order valence-corrected chi connectivity index (χ4v) is 2.12. The molecule has 0 aromatic carbocycles. The van der Waals surface area contributed by atoms with E-state index in [1.165, 1.54) is 0 Å². The molecule has 1 atom stereocenters. The first-order valence-electron chi connectivity index (χ1n) is 4.87. The van der Waals surface area contributed by atoms with Gasteiger partial charge in [0.15, 0.2) is 4.67 Å². The second kappa shape index (κ2) is 5.81. The lowest BCUT2D eigenvalue weighted by Crippen LogP contribution is -2.24. The number of hydrogen-bond acceptors (Lipinski definition) is 4. The number of primary sulfonamides is 1. The van der Waals surface area contributed by atoms with Gasteiger partial charge >= 0.3 is 0 Å². The molecule has 0 radical (unpaired) electrons. The van der Waals surface area contributed by atoms with E-state index in [0.29, 0.717) is 17.6 Å².